The van der Waals surface area contributed by atoms with E-state index in [1.165, 1.54) is 14.0 Å². The standard InChI is InChI=1S/C12H14F2N2O3/c1-7-5-9(14)10(6-8(7)13)15-12(19)16(2)4-3-11(17)18/h5-6H,3-4H2,1-2H3,(H,15,19)(H,17,18). The molecule has 0 heterocycles. The molecule has 5 nitrogen and oxygen atoms in total. The Bertz CT molecular complexity index is 506. The Hall–Kier alpha value is -2.18. The van der Waals surface area contributed by atoms with E-state index in [-0.39, 0.29) is 24.2 Å². The van der Waals surface area contributed by atoms with Gasteiger partial charge in [-0.15, -0.1) is 0 Å². The van der Waals surface area contributed by atoms with Gasteiger partial charge in [-0.05, 0) is 18.6 Å². The van der Waals surface area contributed by atoms with Crippen LogP contribution in [0, 0.1) is 18.6 Å². The van der Waals surface area contributed by atoms with Crippen LogP contribution in [0.4, 0.5) is 19.3 Å². The average Bonchev–Trinajstić information content (AvgIpc) is 2.32. The first-order valence-electron chi connectivity index (χ1n) is 5.51. The zero-order chi connectivity index (χ0) is 14.6. The van der Waals surface area contributed by atoms with E-state index in [2.05, 4.69) is 5.32 Å². The van der Waals surface area contributed by atoms with Gasteiger partial charge >= 0.3 is 12.0 Å². The minimum atomic E-state index is -1.05. The van der Waals surface area contributed by atoms with E-state index in [9.17, 15) is 18.4 Å². The summed E-state index contributed by atoms with van der Waals surface area (Å²) in [4.78, 5) is 23.0. The molecule has 0 aliphatic rings. The number of nitrogens with zero attached hydrogens (tertiary/aromatic N) is 1. The number of carboxylic acids is 1. The molecule has 1 aromatic carbocycles. The molecular weight excluding hydrogens is 258 g/mol. The number of aliphatic carboxylic acids is 1. The first-order chi connectivity index (χ1) is 8.81. The van der Waals surface area contributed by atoms with Gasteiger partial charge in [0.2, 0.25) is 0 Å². The van der Waals surface area contributed by atoms with E-state index < -0.39 is 23.6 Å². The Kier molecular flexibility index (Phi) is 4.80. The molecular formula is C12H14F2N2O3. The largest absolute Gasteiger partial charge is 0.481 e. The van der Waals surface area contributed by atoms with Gasteiger partial charge in [0.1, 0.15) is 11.6 Å². The van der Waals surface area contributed by atoms with Crippen LogP contribution in [0.25, 0.3) is 0 Å². The average molecular weight is 272 g/mol. The fourth-order valence-corrected chi connectivity index (χ4v) is 1.32. The Balaban J connectivity index is 2.71. The Morgan fingerprint density at radius 2 is 1.95 bits per heavy atom. The number of carbonyl (C=O) groups excluding carboxylic acids is 1. The molecule has 19 heavy (non-hydrogen) atoms. The predicted octanol–water partition coefficient (Wildman–Crippen LogP) is 2.21. The monoisotopic (exact) mass is 272 g/mol. The van der Waals surface area contributed by atoms with Crippen molar-refractivity contribution in [3.05, 3.63) is 29.3 Å². The predicted molar refractivity (Wildman–Crippen MR) is 65.0 cm³/mol. The van der Waals surface area contributed by atoms with Crippen molar-refractivity contribution >= 4 is 17.7 Å². The number of rotatable bonds is 4. The van der Waals surface area contributed by atoms with Gasteiger partial charge in [-0.3, -0.25) is 4.79 Å². The zero-order valence-electron chi connectivity index (χ0n) is 10.5. The van der Waals surface area contributed by atoms with Crippen LogP contribution in [0.15, 0.2) is 12.1 Å². The Morgan fingerprint density at radius 1 is 1.32 bits per heavy atom. The maximum atomic E-state index is 13.5. The number of carbonyl (C=O) groups is 2. The molecule has 0 aliphatic carbocycles. The van der Waals surface area contributed by atoms with Crippen molar-refractivity contribution in [2.45, 2.75) is 13.3 Å². The third-order valence-electron chi connectivity index (χ3n) is 2.50. The molecule has 0 unspecified atom stereocenters. The van der Waals surface area contributed by atoms with Crippen LogP contribution in [-0.2, 0) is 4.79 Å². The van der Waals surface area contributed by atoms with Gasteiger partial charge < -0.3 is 15.3 Å². The fraction of sp³-hybridized carbons (Fsp3) is 0.333. The van der Waals surface area contributed by atoms with Crippen LogP contribution in [0.2, 0.25) is 0 Å². The van der Waals surface area contributed by atoms with Crippen molar-refractivity contribution in [2.75, 3.05) is 18.9 Å². The highest BCUT2D eigenvalue weighted by molar-refractivity contribution is 5.89. The number of urea groups is 1. The van der Waals surface area contributed by atoms with Gasteiger partial charge in [0.25, 0.3) is 0 Å². The number of amides is 2. The van der Waals surface area contributed by atoms with E-state index in [1.807, 2.05) is 0 Å². The lowest BCUT2D eigenvalue weighted by atomic mass is 10.2. The molecule has 1 aromatic rings. The highest BCUT2D eigenvalue weighted by atomic mass is 19.1. The molecule has 0 atom stereocenters. The van der Waals surface area contributed by atoms with Crippen LogP contribution in [0.5, 0.6) is 0 Å². The summed E-state index contributed by atoms with van der Waals surface area (Å²) in [6.07, 6.45) is -0.228. The molecule has 0 spiro atoms. The van der Waals surface area contributed by atoms with Crippen LogP contribution in [-0.4, -0.2) is 35.6 Å². The van der Waals surface area contributed by atoms with Gasteiger partial charge in [-0.2, -0.15) is 0 Å². The molecule has 0 aliphatic heterocycles. The number of hydrogen-bond donors (Lipinski definition) is 2. The summed E-state index contributed by atoms with van der Waals surface area (Å²) in [5, 5.41) is 10.7. The summed E-state index contributed by atoms with van der Waals surface area (Å²) in [6.45, 7) is 1.38. The molecule has 1 rings (SSSR count). The van der Waals surface area contributed by atoms with Gasteiger partial charge in [0, 0.05) is 19.7 Å². The van der Waals surface area contributed by atoms with E-state index in [4.69, 9.17) is 5.11 Å². The van der Waals surface area contributed by atoms with Crippen molar-refractivity contribution in [2.24, 2.45) is 0 Å². The number of nitrogens with one attached hydrogen (secondary N) is 1. The lowest BCUT2D eigenvalue weighted by Gasteiger charge is -2.17. The van der Waals surface area contributed by atoms with E-state index in [0.29, 0.717) is 0 Å². The Labute approximate surface area is 108 Å². The van der Waals surface area contributed by atoms with Crippen LogP contribution in [0.3, 0.4) is 0 Å². The highest BCUT2D eigenvalue weighted by Gasteiger charge is 2.14. The molecule has 2 amide bonds. The third-order valence-corrected chi connectivity index (χ3v) is 2.50. The summed E-state index contributed by atoms with van der Waals surface area (Å²) in [5.41, 5.74) is -0.148. The topological polar surface area (TPSA) is 69.6 Å². The summed E-state index contributed by atoms with van der Waals surface area (Å²) < 4.78 is 26.7. The quantitative estimate of drug-likeness (QED) is 0.882. The molecule has 0 bridgehead atoms. The van der Waals surface area contributed by atoms with Crippen LogP contribution in [0.1, 0.15) is 12.0 Å². The second-order valence-electron chi connectivity index (χ2n) is 4.08. The molecule has 0 saturated heterocycles. The lowest BCUT2D eigenvalue weighted by Crippen LogP contribution is -2.33. The highest BCUT2D eigenvalue weighted by Crippen LogP contribution is 2.19. The fourth-order valence-electron chi connectivity index (χ4n) is 1.32. The molecule has 104 valence electrons. The second kappa shape index (κ2) is 6.12. The van der Waals surface area contributed by atoms with Crippen molar-refractivity contribution < 1.29 is 23.5 Å². The summed E-state index contributed by atoms with van der Waals surface area (Å²) in [5.74, 6) is -2.43. The van der Waals surface area contributed by atoms with Crippen molar-refractivity contribution in [1.82, 2.24) is 4.90 Å². The number of anilines is 1. The first-order valence-corrected chi connectivity index (χ1v) is 5.51. The van der Waals surface area contributed by atoms with Gasteiger partial charge in [-0.25, -0.2) is 13.6 Å². The van der Waals surface area contributed by atoms with E-state index in [0.717, 1.165) is 17.0 Å². The van der Waals surface area contributed by atoms with Crippen LogP contribution < -0.4 is 5.32 Å². The summed E-state index contributed by atoms with van der Waals surface area (Å²) in [6, 6.07) is 1.15. The minimum Gasteiger partial charge on any atom is -0.481 e. The maximum Gasteiger partial charge on any atom is 0.321 e. The maximum absolute atomic E-state index is 13.5. The van der Waals surface area contributed by atoms with Crippen molar-refractivity contribution in [1.29, 1.82) is 0 Å². The molecule has 2 N–H and O–H groups in total. The van der Waals surface area contributed by atoms with Gasteiger partial charge in [-0.1, -0.05) is 0 Å². The molecule has 7 heteroatoms. The number of halogens is 2. The third kappa shape index (κ3) is 4.20. The number of carboxylic acid groups (broad SMARTS) is 1. The van der Waals surface area contributed by atoms with Gasteiger partial charge in [0.05, 0.1) is 12.1 Å². The molecule has 0 fully saturated rings. The number of benzene rings is 1. The van der Waals surface area contributed by atoms with Crippen LogP contribution >= 0.6 is 0 Å². The molecule has 0 aromatic heterocycles. The first kappa shape index (κ1) is 14.9. The zero-order valence-corrected chi connectivity index (χ0v) is 10.5. The summed E-state index contributed by atoms with van der Waals surface area (Å²) >= 11 is 0. The van der Waals surface area contributed by atoms with Crippen molar-refractivity contribution in [3.8, 4) is 0 Å². The Morgan fingerprint density at radius 3 is 2.53 bits per heavy atom. The van der Waals surface area contributed by atoms with Crippen molar-refractivity contribution in [3.63, 3.8) is 0 Å². The molecule has 0 saturated carbocycles. The number of hydrogen-bond acceptors (Lipinski definition) is 2. The van der Waals surface area contributed by atoms with Gasteiger partial charge in [0.15, 0.2) is 0 Å². The van der Waals surface area contributed by atoms with E-state index in [1.54, 1.807) is 0 Å². The number of aryl methyl sites for hydroxylation is 1. The molecule has 0 radical (unpaired) electrons. The lowest BCUT2D eigenvalue weighted by molar-refractivity contribution is -0.137. The SMILES string of the molecule is Cc1cc(F)c(NC(=O)N(C)CCC(=O)O)cc1F. The second-order valence-corrected chi connectivity index (χ2v) is 4.08. The minimum absolute atomic E-state index is 0.0306. The normalized spacial score (nSPS) is 10.1. The van der Waals surface area contributed by atoms with E-state index >= 15 is 0 Å². The summed E-state index contributed by atoms with van der Waals surface area (Å²) in [7, 11) is 1.36. The smallest absolute Gasteiger partial charge is 0.321 e.